The lowest BCUT2D eigenvalue weighted by atomic mass is 10.1. The molecule has 0 aliphatic rings. The van der Waals surface area contributed by atoms with Gasteiger partial charge in [-0.25, -0.2) is 4.98 Å². The predicted molar refractivity (Wildman–Crippen MR) is 145 cm³/mol. The van der Waals surface area contributed by atoms with E-state index in [0.717, 1.165) is 27.9 Å². The number of methoxy groups -OCH3 is 1. The van der Waals surface area contributed by atoms with E-state index in [9.17, 15) is 5.11 Å². The summed E-state index contributed by atoms with van der Waals surface area (Å²) >= 11 is 0. The lowest BCUT2D eigenvalue weighted by Gasteiger charge is -2.28. The lowest BCUT2D eigenvalue weighted by molar-refractivity contribution is 0.0946. The van der Waals surface area contributed by atoms with Crippen LogP contribution >= 0.6 is 0 Å². The number of nitrogens with two attached hydrogens (primary N) is 1. The fourth-order valence-corrected chi connectivity index (χ4v) is 4.02. The molecule has 0 fully saturated rings. The number of aliphatic hydroxyl groups is 1. The van der Waals surface area contributed by atoms with Crippen LogP contribution in [0.2, 0.25) is 0 Å². The standard InChI is InChI=1S/C29H34N4O2/c1-20-9-11-21(12-10-20)17-33(18-22-13-15-23(35-4)16-14-22)28-26(30)27(31-19-29(2,3)34)24-7-5-6-8-25(24)32-28/h5-16,34H,17-19,30H2,1-4H3,(H,31,32). The molecule has 4 N–H and O–H groups in total. The number of nitrogens with one attached hydrogen (secondary N) is 1. The SMILES string of the molecule is COc1ccc(CN(Cc2ccc(C)cc2)c2nc3ccccc3c(NCC(C)(C)O)c2N)cc1. The zero-order valence-corrected chi connectivity index (χ0v) is 20.9. The van der Waals surface area contributed by atoms with Gasteiger partial charge >= 0.3 is 0 Å². The highest BCUT2D eigenvalue weighted by Gasteiger charge is 2.21. The first-order valence-electron chi connectivity index (χ1n) is 11.8. The Kier molecular flexibility index (Phi) is 7.12. The van der Waals surface area contributed by atoms with Gasteiger partial charge in [-0.05, 0) is 50.1 Å². The number of benzene rings is 3. The van der Waals surface area contributed by atoms with Gasteiger partial charge < -0.3 is 25.8 Å². The average Bonchev–Trinajstić information content (AvgIpc) is 2.84. The topological polar surface area (TPSA) is 83.6 Å². The highest BCUT2D eigenvalue weighted by molar-refractivity contribution is 6.01. The number of hydrogen-bond donors (Lipinski definition) is 3. The maximum Gasteiger partial charge on any atom is 0.155 e. The smallest absolute Gasteiger partial charge is 0.155 e. The molecule has 3 aromatic carbocycles. The molecule has 0 spiro atoms. The number of anilines is 3. The molecule has 6 heteroatoms. The molecule has 0 amide bonds. The minimum absolute atomic E-state index is 0.362. The minimum atomic E-state index is -0.887. The summed E-state index contributed by atoms with van der Waals surface area (Å²) in [5, 5.41) is 14.6. The van der Waals surface area contributed by atoms with Crippen LogP contribution in [0.5, 0.6) is 5.75 Å². The first kappa shape index (κ1) is 24.4. The Bertz CT molecular complexity index is 1280. The molecule has 0 saturated carbocycles. The van der Waals surface area contributed by atoms with E-state index in [0.29, 0.717) is 31.1 Å². The van der Waals surface area contributed by atoms with Crippen LogP contribution in [0.4, 0.5) is 17.2 Å². The number of para-hydroxylation sites is 1. The lowest BCUT2D eigenvalue weighted by Crippen LogP contribution is -2.30. The highest BCUT2D eigenvalue weighted by Crippen LogP contribution is 2.37. The summed E-state index contributed by atoms with van der Waals surface area (Å²) in [6.07, 6.45) is 0. The molecule has 0 aliphatic carbocycles. The van der Waals surface area contributed by atoms with E-state index in [1.807, 2.05) is 36.4 Å². The Labute approximate surface area is 207 Å². The Morgan fingerprint density at radius 3 is 2.14 bits per heavy atom. The minimum Gasteiger partial charge on any atom is -0.497 e. The molecule has 0 unspecified atom stereocenters. The van der Waals surface area contributed by atoms with Crippen molar-refractivity contribution in [1.29, 1.82) is 0 Å². The molecule has 0 bridgehead atoms. The van der Waals surface area contributed by atoms with Gasteiger partial charge in [0.25, 0.3) is 0 Å². The number of pyridine rings is 1. The number of nitrogen functional groups attached to an aromatic ring is 1. The van der Waals surface area contributed by atoms with Crippen molar-refractivity contribution in [2.24, 2.45) is 0 Å². The Morgan fingerprint density at radius 2 is 1.54 bits per heavy atom. The van der Waals surface area contributed by atoms with Crippen molar-refractivity contribution in [1.82, 2.24) is 4.98 Å². The zero-order chi connectivity index (χ0) is 25.0. The van der Waals surface area contributed by atoms with E-state index in [-0.39, 0.29) is 0 Å². The van der Waals surface area contributed by atoms with Crippen LogP contribution in [0.3, 0.4) is 0 Å². The maximum atomic E-state index is 10.3. The van der Waals surface area contributed by atoms with Crippen LogP contribution in [-0.4, -0.2) is 29.3 Å². The van der Waals surface area contributed by atoms with Crippen molar-refractivity contribution in [2.75, 3.05) is 29.6 Å². The molecule has 6 nitrogen and oxygen atoms in total. The molecule has 0 aliphatic heterocycles. The van der Waals surface area contributed by atoms with Crippen molar-refractivity contribution in [2.45, 2.75) is 39.5 Å². The quantitative estimate of drug-likeness (QED) is 0.299. The zero-order valence-electron chi connectivity index (χ0n) is 20.9. The predicted octanol–water partition coefficient (Wildman–Crippen LogP) is 5.52. The van der Waals surface area contributed by atoms with E-state index in [1.165, 1.54) is 11.1 Å². The van der Waals surface area contributed by atoms with Crippen molar-refractivity contribution in [3.05, 3.63) is 89.5 Å². The van der Waals surface area contributed by atoms with E-state index >= 15 is 0 Å². The molecule has 35 heavy (non-hydrogen) atoms. The van der Waals surface area contributed by atoms with Crippen molar-refractivity contribution >= 4 is 28.1 Å². The van der Waals surface area contributed by atoms with E-state index in [4.69, 9.17) is 15.5 Å². The van der Waals surface area contributed by atoms with Gasteiger partial charge in [0, 0.05) is 25.0 Å². The molecular formula is C29H34N4O2. The Balaban J connectivity index is 1.79. The molecule has 1 heterocycles. The van der Waals surface area contributed by atoms with Crippen molar-refractivity contribution < 1.29 is 9.84 Å². The summed E-state index contributed by atoms with van der Waals surface area (Å²) in [7, 11) is 1.67. The monoisotopic (exact) mass is 470 g/mol. The molecule has 1 aromatic heterocycles. The number of rotatable bonds is 9. The van der Waals surface area contributed by atoms with Crippen LogP contribution in [0.15, 0.2) is 72.8 Å². The van der Waals surface area contributed by atoms with Gasteiger partial charge in [0.15, 0.2) is 5.82 Å². The van der Waals surface area contributed by atoms with Gasteiger partial charge in [0.2, 0.25) is 0 Å². The second-order valence-corrected chi connectivity index (χ2v) is 9.60. The van der Waals surface area contributed by atoms with Gasteiger partial charge in [-0.3, -0.25) is 0 Å². The van der Waals surface area contributed by atoms with Crippen LogP contribution in [0.1, 0.15) is 30.5 Å². The molecular weight excluding hydrogens is 436 g/mol. The number of hydrogen-bond acceptors (Lipinski definition) is 6. The van der Waals surface area contributed by atoms with Crippen LogP contribution in [-0.2, 0) is 13.1 Å². The van der Waals surface area contributed by atoms with Gasteiger partial charge in [0.1, 0.15) is 5.75 Å². The first-order chi connectivity index (χ1) is 16.7. The summed E-state index contributed by atoms with van der Waals surface area (Å²) in [6.45, 7) is 7.26. The average molecular weight is 471 g/mol. The van der Waals surface area contributed by atoms with E-state index in [2.05, 4.69) is 53.5 Å². The molecule has 182 valence electrons. The van der Waals surface area contributed by atoms with E-state index < -0.39 is 5.60 Å². The number of fused-ring (bicyclic) bond motifs is 1. The second-order valence-electron chi connectivity index (χ2n) is 9.60. The molecule has 4 rings (SSSR count). The summed E-state index contributed by atoms with van der Waals surface area (Å²) in [5.74, 6) is 1.53. The van der Waals surface area contributed by atoms with Crippen LogP contribution in [0.25, 0.3) is 10.9 Å². The highest BCUT2D eigenvalue weighted by atomic mass is 16.5. The van der Waals surface area contributed by atoms with Crippen molar-refractivity contribution in [3.8, 4) is 5.75 Å². The number of aromatic nitrogens is 1. The van der Waals surface area contributed by atoms with Gasteiger partial charge in [-0.1, -0.05) is 60.2 Å². The molecule has 0 saturated heterocycles. The van der Waals surface area contributed by atoms with Crippen LogP contribution < -0.4 is 20.7 Å². The summed E-state index contributed by atoms with van der Waals surface area (Å²) in [5.41, 5.74) is 11.6. The fourth-order valence-electron chi connectivity index (χ4n) is 4.02. The first-order valence-corrected chi connectivity index (χ1v) is 11.8. The molecule has 4 aromatic rings. The summed E-state index contributed by atoms with van der Waals surface area (Å²) in [6, 6.07) is 24.5. The molecule has 0 atom stereocenters. The maximum absolute atomic E-state index is 10.3. The third-order valence-electron chi connectivity index (χ3n) is 5.93. The molecule has 0 radical (unpaired) electrons. The van der Waals surface area contributed by atoms with Gasteiger partial charge in [-0.15, -0.1) is 0 Å². The van der Waals surface area contributed by atoms with E-state index in [1.54, 1.807) is 21.0 Å². The second kappa shape index (κ2) is 10.2. The van der Waals surface area contributed by atoms with Gasteiger partial charge in [0.05, 0.1) is 29.6 Å². The van der Waals surface area contributed by atoms with Crippen molar-refractivity contribution in [3.63, 3.8) is 0 Å². The number of ether oxygens (including phenoxy) is 1. The fraction of sp³-hybridized carbons (Fsp3) is 0.276. The normalized spacial score (nSPS) is 11.5. The largest absolute Gasteiger partial charge is 0.497 e. The number of nitrogens with zero attached hydrogens (tertiary/aromatic N) is 2. The summed E-state index contributed by atoms with van der Waals surface area (Å²) in [4.78, 5) is 7.20. The Hall–Kier alpha value is -3.77. The third-order valence-corrected chi connectivity index (χ3v) is 5.93. The van der Waals surface area contributed by atoms with Gasteiger partial charge in [-0.2, -0.15) is 0 Å². The third kappa shape index (κ3) is 6.03. The summed E-state index contributed by atoms with van der Waals surface area (Å²) < 4.78 is 5.33. The number of aryl methyl sites for hydroxylation is 1. The Morgan fingerprint density at radius 1 is 0.943 bits per heavy atom. The van der Waals surface area contributed by atoms with Crippen LogP contribution in [0, 0.1) is 6.92 Å².